The standard InChI is InChI=1S/C18H23N3O2S.2ClH/c1-3-23-14-8-6-13(7-9-14)18-21-16(11-24-18)17(22)20-15-5-4-10-19-12(15)2;;/h6-9,11-12,15,19H,3-5,10H2,1-2H3,(H,20,22);2*1H. The summed E-state index contributed by atoms with van der Waals surface area (Å²) >= 11 is 1.48. The van der Waals surface area contributed by atoms with Crippen LogP contribution in [0.5, 0.6) is 5.75 Å². The molecule has 2 heterocycles. The highest BCUT2D eigenvalue weighted by atomic mass is 35.5. The molecule has 26 heavy (non-hydrogen) atoms. The van der Waals surface area contributed by atoms with Crippen molar-refractivity contribution in [1.29, 1.82) is 0 Å². The number of halogens is 2. The van der Waals surface area contributed by atoms with Crippen LogP contribution in [0.2, 0.25) is 0 Å². The van der Waals surface area contributed by atoms with Gasteiger partial charge in [-0.1, -0.05) is 0 Å². The van der Waals surface area contributed by atoms with Crippen molar-refractivity contribution in [2.24, 2.45) is 0 Å². The lowest BCUT2D eigenvalue weighted by molar-refractivity contribution is 0.0915. The average molecular weight is 418 g/mol. The van der Waals surface area contributed by atoms with E-state index in [0.29, 0.717) is 18.3 Å². The number of nitrogens with zero attached hydrogens (tertiary/aromatic N) is 1. The van der Waals surface area contributed by atoms with Crippen molar-refractivity contribution in [1.82, 2.24) is 15.6 Å². The largest absolute Gasteiger partial charge is 0.494 e. The molecule has 0 aliphatic carbocycles. The molecule has 1 amide bonds. The van der Waals surface area contributed by atoms with Crippen molar-refractivity contribution >= 4 is 42.1 Å². The molecule has 3 rings (SSSR count). The first-order valence-electron chi connectivity index (χ1n) is 8.40. The predicted molar refractivity (Wildman–Crippen MR) is 111 cm³/mol. The number of hydrogen-bond acceptors (Lipinski definition) is 5. The van der Waals surface area contributed by atoms with Gasteiger partial charge in [0.05, 0.1) is 6.61 Å². The Balaban J connectivity index is 0.00000169. The van der Waals surface area contributed by atoms with Gasteiger partial charge in [0, 0.05) is 23.0 Å². The highest BCUT2D eigenvalue weighted by molar-refractivity contribution is 7.13. The molecule has 1 fully saturated rings. The summed E-state index contributed by atoms with van der Waals surface area (Å²) in [5.74, 6) is 0.749. The number of hydrogen-bond donors (Lipinski definition) is 2. The summed E-state index contributed by atoms with van der Waals surface area (Å²) in [4.78, 5) is 16.9. The number of piperidine rings is 1. The summed E-state index contributed by atoms with van der Waals surface area (Å²) in [6.07, 6.45) is 2.10. The van der Waals surface area contributed by atoms with Gasteiger partial charge in [0.15, 0.2) is 0 Å². The van der Waals surface area contributed by atoms with Gasteiger partial charge in [-0.2, -0.15) is 0 Å². The van der Waals surface area contributed by atoms with Crippen LogP contribution in [-0.4, -0.2) is 36.1 Å². The maximum absolute atomic E-state index is 12.4. The minimum atomic E-state index is -0.0935. The number of thiazole rings is 1. The fourth-order valence-corrected chi connectivity index (χ4v) is 3.66. The Morgan fingerprint density at radius 3 is 2.73 bits per heavy atom. The van der Waals surface area contributed by atoms with E-state index in [9.17, 15) is 4.79 Å². The molecule has 0 spiro atoms. The molecule has 2 N–H and O–H groups in total. The number of nitrogens with one attached hydrogen (secondary N) is 2. The molecule has 1 aromatic carbocycles. The first-order chi connectivity index (χ1) is 11.7. The summed E-state index contributed by atoms with van der Waals surface area (Å²) < 4.78 is 5.45. The molecule has 2 atom stereocenters. The van der Waals surface area contributed by atoms with E-state index < -0.39 is 0 Å². The van der Waals surface area contributed by atoms with E-state index in [1.165, 1.54) is 11.3 Å². The van der Waals surface area contributed by atoms with Crippen LogP contribution in [-0.2, 0) is 0 Å². The fourth-order valence-electron chi connectivity index (χ4n) is 2.85. The van der Waals surface area contributed by atoms with Crippen molar-refractivity contribution in [2.45, 2.75) is 38.8 Å². The summed E-state index contributed by atoms with van der Waals surface area (Å²) in [5, 5.41) is 9.16. The third-order valence-corrected chi connectivity index (χ3v) is 5.12. The van der Waals surface area contributed by atoms with Gasteiger partial charge in [0.1, 0.15) is 16.5 Å². The number of amides is 1. The Morgan fingerprint density at radius 1 is 1.35 bits per heavy atom. The topological polar surface area (TPSA) is 63.2 Å². The van der Waals surface area contributed by atoms with Gasteiger partial charge in [0.25, 0.3) is 5.91 Å². The molecule has 1 aromatic heterocycles. The maximum atomic E-state index is 12.4. The summed E-state index contributed by atoms with van der Waals surface area (Å²) in [5.41, 5.74) is 1.48. The number of benzene rings is 1. The number of aromatic nitrogens is 1. The van der Waals surface area contributed by atoms with Crippen LogP contribution < -0.4 is 15.4 Å². The second-order valence-electron chi connectivity index (χ2n) is 5.96. The third-order valence-electron chi connectivity index (χ3n) is 4.23. The molecule has 144 valence electrons. The van der Waals surface area contributed by atoms with Crippen LogP contribution in [0.3, 0.4) is 0 Å². The van der Waals surface area contributed by atoms with Gasteiger partial charge < -0.3 is 15.4 Å². The van der Waals surface area contributed by atoms with Crippen molar-refractivity contribution in [2.75, 3.05) is 13.2 Å². The minimum Gasteiger partial charge on any atom is -0.494 e. The normalized spacial score (nSPS) is 19.0. The Labute approximate surface area is 170 Å². The first-order valence-corrected chi connectivity index (χ1v) is 9.28. The molecule has 2 aromatic rings. The Hall–Kier alpha value is -1.34. The number of rotatable bonds is 5. The fraction of sp³-hybridized carbons (Fsp3) is 0.444. The van der Waals surface area contributed by atoms with Crippen LogP contribution in [0.1, 0.15) is 37.2 Å². The van der Waals surface area contributed by atoms with Crippen LogP contribution in [0.4, 0.5) is 0 Å². The molecule has 8 heteroatoms. The molecule has 0 saturated carbocycles. The molecule has 1 aliphatic rings. The lowest BCUT2D eigenvalue weighted by atomic mass is 10.00. The molecular formula is C18H25Cl2N3O2S. The quantitative estimate of drug-likeness (QED) is 0.773. The first kappa shape index (κ1) is 22.7. The maximum Gasteiger partial charge on any atom is 0.271 e. The second kappa shape index (κ2) is 10.7. The average Bonchev–Trinajstić information content (AvgIpc) is 3.08. The van der Waals surface area contributed by atoms with Gasteiger partial charge in [-0.25, -0.2) is 4.98 Å². The zero-order valence-corrected chi connectivity index (χ0v) is 17.3. The highest BCUT2D eigenvalue weighted by Crippen LogP contribution is 2.26. The van der Waals surface area contributed by atoms with E-state index >= 15 is 0 Å². The second-order valence-corrected chi connectivity index (χ2v) is 6.82. The summed E-state index contributed by atoms with van der Waals surface area (Å²) in [6, 6.07) is 8.26. The van der Waals surface area contributed by atoms with E-state index in [2.05, 4.69) is 22.5 Å². The monoisotopic (exact) mass is 417 g/mol. The van der Waals surface area contributed by atoms with Crippen LogP contribution >= 0.6 is 36.2 Å². The Kier molecular flexibility index (Phi) is 9.36. The summed E-state index contributed by atoms with van der Waals surface area (Å²) in [6.45, 7) is 5.74. The van der Waals surface area contributed by atoms with Gasteiger partial charge in [-0.15, -0.1) is 36.2 Å². The molecule has 0 bridgehead atoms. The Morgan fingerprint density at radius 2 is 2.08 bits per heavy atom. The molecule has 1 aliphatic heterocycles. The van der Waals surface area contributed by atoms with Gasteiger partial charge >= 0.3 is 0 Å². The molecule has 5 nitrogen and oxygen atoms in total. The van der Waals surface area contributed by atoms with E-state index in [-0.39, 0.29) is 36.8 Å². The van der Waals surface area contributed by atoms with Crippen molar-refractivity contribution < 1.29 is 9.53 Å². The van der Waals surface area contributed by atoms with E-state index in [0.717, 1.165) is 35.7 Å². The SMILES string of the molecule is CCOc1ccc(-c2nc(C(=O)NC3CCCNC3C)cs2)cc1.Cl.Cl. The molecule has 0 radical (unpaired) electrons. The van der Waals surface area contributed by atoms with E-state index in [1.54, 1.807) is 0 Å². The van der Waals surface area contributed by atoms with Gasteiger partial charge in [-0.05, 0) is 57.5 Å². The third kappa shape index (κ3) is 5.58. The lowest BCUT2D eigenvalue weighted by Crippen LogP contribution is -2.51. The zero-order chi connectivity index (χ0) is 16.9. The smallest absolute Gasteiger partial charge is 0.271 e. The van der Waals surface area contributed by atoms with Gasteiger partial charge in [-0.3, -0.25) is 4.79 Å². The van der Waals surface area contributed by atoms with Crippen LogP contribution in [0.15, 0.2) is 29.6 Å². The lowest BCUT2D eigenvalue weighted by Gasteiger charge is -2.30. The summed E-state index contributed by atoms with van der Waals surface area (Å²) in [7, 11) is 0. The zero-order valence-electron chi connectivity index (χ0n) is 14.9. The highest BCUT2D eigenvalue weighted by Gasteiger charge is 2.23. The molecule has 2 unspecified atom stereocenters. The van der Waals surface area contributed by atoms with Gasteiger partial charge in [0.2, 0.25) is 0 Å². The van der Waals surface area contributed by atoms with Crippen LogP contribution in [0.25, 0.3) is 10.6 Å². The van der Waals surface area contributed by atoms with Crippen molar-refractivity contribution in [3.05, 3.63) is 35.3 Å². The molecule has 1 saturated heterocycles. The number of carbonyl (C=O) groups is 1. The number of ether oxygens (including phenoxy) is 1. The number of carbonyl (C=O) groups excluding carboxylic acids is 1. The van der Waals surface area contributed by atoms with Crippen molar-refractivity contribution in [3.63, 3.8) is 0 Å². The predicted octanol–water partition coefficient (Wildman–Crippen LogP) is 3.92. The Bertz CT molecular complexity index is 694. The van der Waals surface area contributed by atoms with Crippen LogP contribution in [0, 0.1) is 0 Å². The van der Waals surface area contributed by atoms with E-state index in [4.69, 9.17) is 4.74 Å². The van der Waals surface area contributed by atoms with Crippen molar-refractivity contribution in [3.8, 4) is 16.3 Å². The van der Waals surface area contributed by atoms with E-state index in [1.807, 2.05) is 36.6 Å². The minimum absolute atomic E-state index is 0. The molecular weight excluding hydrogens is 393 g/mol.